The summed E-state index contributed by atoms with van der Waals surface area (Å²) in [6, 6.07) is 15.7. The number of fused-ring (bicyclic) bond motifs is 1. The molecule has 0 bridgehead atoms. The van der Waals surface area contributed by atoms with Crippen LogP contribution in [0.15, 0.2) is 46.9 Å². The van der Waals surface area contributed by atoms with Crippen LogP contribution in [0.2, 0.25) is 0 Å². The summed E-state index contributed by atoms with van der Waals surface area (Å²) in [6.45, 7) is 3.90. The van der Waals surface area contributed by atoms with Crippen LogP contribution in [0.5, 0.6) is 0 Å². The number of nitrogens with zero attached hydrogens (tertiary/aromatic N) is 2. The van der Waals surface area contributed by atoms with Crippen LogP contribution < -0.4 is 5.32 Å². The number of benzene rings is 2. The van der Waals surface area contributed by atoms with Gasteiger partial charge >= 0.3 is 0 Å². The van der Waals surface area contributed by atoms with Crippen LogP contribution in [0.25, 0.3) is 11.1 Å². The van der Waals surface area contributed by atoms with Gasteiger partial charge in [-0.25, -0.2) is 4.98 Å². The number of nitrogens with one attached hydrogen (secondary N) is 1. The summed E-state index contributed by atoms with van der Waals surface area (Å²) in [5.74, 6) is 0.664. The quantitative estimate of drug-likeness (QED) is 0.780. The van der Waals surface area contributed by atoms with Crippen molar-refractivity contribution in [2.45, 2.75) is 19.9 Å². The normalized spacial score (nSPS) is 12.0. The number of aryl methyl sites for hydroxylation is 1. The Hall–Kier alpha value is -2.80. The lowest BCUT2D eigenvalue weighted by Crippen LogP contribution is -2.06. The van der Waals surface area contributed by atoms with E-state index in [-0.39, 0.29) is 6.04 Å². The molecule has 0 spiro atoms. The van der Waals surface area contributed by atoms with Crippen molar-refractivity contribution in [3.63, 3.8) is 0 Å². The standard InChI is InChI=1S/C17H15N3O/c1-11(14-5-3-4-13(8-14)10-18)19-15-6-7-17-16(9-15)20-12(2)21-17/h3-9,11,19H,1-2H3. The molecule has 1 heterocycles. The number of aromatic nitrogens is 1. The maximum Gasteiger partial charge on any atom is 0.192 e. The van der Waals surface area contributed by atoms with Gasteiger partial charge in [-0.3, -0.25) is 0 Å². The molecule has 0 amide bonds. The third-order valence-corrected chi connectivity index (χ3v) is 3.39. The third-order valence-electron chi connectivity index (χ3n) is 3.39. The predicted molar refractivity (Wildman–Crippen MR) is 81.9 cm³/mol. The van der Waals surface area contributed by atoms with Gasteiger partial charge < -0.3 is 9.73 Å². The van der Waals surface area contributed by atoms with Gasteiger partial charge in [0.15, 0.2) is 11.5 Å². The number of nitriles is 1. The first-order valence-electron chi connectivity index (χ1n) is 6.79. The summed E-state index contributed by atoms with van der Waals surface area (Å²) in [4.78, 5) is 4.33. The molecule has 21 heavy (non-hydrogen) atoms. The molecule has 1 N–H and O–H groups in total. The molecule has 0 aliphatic carbocycles. The van der Waals surface area contributed by atoms with Crippen molar-refractivity contribution in [3.05, 3.63) is 59.5 Å². The van der Waals surface area contributed by atoms with Crippen molar-refractivity contribution in [1.82, 2.24) is 4.98 Å². The Morgan fingerprint density at radius 3 is 2.90 bits per heavy atom. The smallest absolute Gasteiger partial charge is 0.192 e. The molecule has 0 aliphatic rings. The Bertz CT molecular complexity index is 829. The number of anilines is 1. The average molecular weight is 277 g/mol. The van der Waals surface area contributed by atoms with Crippen molar-refractivity contribution in [3.8, 4) is 6.07 Å². The molecule has 1 aromatic heterocycles. The minimum atomic E-state index is 0.101. The van der Waals surface area contributed by atoms with Crippen LogP contribution in [-0.4, -0.2) is 4.98 Å². The highest BCUT2D eigenvalue weighted by Crippen LogP contribution is 2.24. The molecule has 3 rings (SSSR count). The Balaban J connectivity index is 1.85. The van der Waals surface area contributed by atoms with Gasteiger partial charge in [0.2, 0.25) is 0 Å². The maximum absolute atomic E-state index is 8.97. The van der Waals surface area contributed by atoms with Crippen LogP contribution in [0.1, 0.15) is 30.0 Å². The molecule has 1 unspecified atom stereocenters. The zero-order valence-electron chi connectivity index (χ0n) is 11.9. The summed E-state index contributed by atoms with van der Waals surface area (Å²) in [5.41, 5.74) is 4.35. The summed E-state index contributed by atoms with van der Waals surface area (Å²) in [6.07, 6.45) is 0. The van der Waals surface area contributed by atoms with Crippen molar-refractivity contribution in [2.24, 2.45) is 0 Å². The van der Waals surface area contributed by atoms with Crippen molar-refractivity contribution in [1.29, 1.82) is 5.26 Å². The fourth-order valence-electron chi connectivity index (χ4n) is 2.34. The second-order valence-corrected chi connectivity index (χ2v) is 5.02. The molecule has 0 radical (unpaired) electrons. The molecule has 0 aliphatic heterocycles. The first-order valence-corrected chi connectivity index (χ1v) is 6.79. The van der Waals surface area contributed by atoms with Crippen LogP contribution in [0.4, 0.5) is 5.69 Å². The zero-order valence-corrected chi connectivity index (χ0v) is 11.9. The summed E-state index contributed by atoms with van der Waals surface area (Å²) in [5, 5.41) is 12.4. The largest absolute Gasteiger partial charge is 0.441 e. The molecule has 0 saturated carbocycles. The molecular weight excluding hydrogens is 262 g/mol. The minimum absolute atomic E-state index is 0.101. The van der Waals surface area contributed by atoms with E-state index in [0.29, 0.717) is 11.5 Å². The number of hydrogen-bond donors (Lipinski definition) is 1. The van der Waals surface area contributed by atoms with Crippen molar-refractivity contribution >= 4 is 16.8 Å². The molecule has 4 nitrogen and oxygen atoms in total. The fourth-order valence-corrected chi connectivity index (χ4v) is 2.34. The number of oxazole rings is 1. The van der Waals surface area contributed by atoms with Gasteiger partial charge in [-0.2, -0.15) is 5.26 Å². The lowest BCUT2D eigenvalue weighted by molar-refractivity contribution is 0.561. The highest BCUT2D eigenvalue weighted by Gasteiger charge is 2.08. The van der Waals surface area contributed by atoms with Crippen LogP contribution in [0, 0.1) is 18.3 Å². The second kappa shape index (κ2) is 5.29. The van der Waals surface area contributed by atoms with E-state index in [1.165, 1.54) is 0 Å². The van der Waals surface area contributed by atoms with Gasteiger partial charge in [-0.15, -0.1) is 0 Å². The van der Waals surface area contributed by atoms with Crippen molar-refractivity contribution in [2.75, 3.05) is 5.32 Å². The number of rotatable bonds is 3. The Kier molecular flexibility index (Phi) is 3.33. The average Bonchev–Trinajstić information content (AvgIpc) is 2.86. The van der Waals surface area contributed by atoms with E-state index in [0.717, 1.165) is 22.4 Å². The van der Waals surface area contributed by atoms with Gasteiger partial charge in [0, 0.05) is 18.7 Å². The predicted octanol–water partition coefficient (Wildman–Crippen LogP) is 4.18. The van der Waals surface area contributed by atoms with E-state index in [2.05, 4.69) is 23.3 Å². The first-order chi connectivity index (χ1) is 10.2. The van der Waals surface area contributed by atoms with Crippen LogP contribution >= 0.6 is 0 Å². The Morgan fingerprint density at radius 2 is 2.10 bits per heavy atom. The molecule has 4 heteroatoms. The minimum Gasteiger partial charge on any atom is -0.441 e. The lowest BCUT2D eigenvalue weighted by atomic mass is 10.1. The summed E-state index contributed by atoms with van der Waals surface area (Å²) < 4.78 is 5.47. The van der Waals surface area contributed by atoms with Gasteiger partial charge in [0.05, 0.1) is 11.6 Å². The van der Waals surface area contributed by atoms with Gasteiger partial charge in [0.25, 0.3) is 0 Å². The Morgan fingerprint density at radius 1 is 1.24 bits per heavy atom. The maximum atomic E-state index is 8.97. The number of hydrogen-bond acceptors (Lipinski definition) is 4. The topological polar surface area (TPSA) is 61.9 Å². The summed E-state index contributed by atoms with van der Waals surface area (Å²) >= 11 is 0. The molecular formula is C17H15N3O. The van der Waals surface area contributed by atoms with Gasteiger partial charge in [-0.05, 0) is 42.8 Å². The van der Waals surface area contributed by atoms with Crippen molar-refractivity contribution < 1.29 is 4.42 Å². The lowest BCUT2D eigenvalue weighted by Gasteiger charge is -2.15. The molecule has 0 fully saturated rings. The van der Waals surface area contributed by atoms with Gasteiger partial charge in [0.1, 0.15) is 5.52 Å². The Labute approximate surface area is 123 Å². The second-order valence-electron chi connectivity index (χ2n) is 5.02. The molecule has 3 aromatic rings. The van der Waals surface area contributed by atoms with Gasteiger partial charge in [-0.1, -0.05) is 12.1 Å². The van der Waals surface area contributed by atoms with Crippen LogP contribution in [-0.2, 0) is 0 Å². The fraction of sp³-hybridized carbons (Fsp3) is 0.176. The molecule has 2 aromatic carbocycles. The van der Waals surface area contributed by atoms with E-state index in [1.807, 2.05) is 43.3 Å². The van der Waals surface area contributed by atoms with E-state index in [9.17, 15) is 0 Å². The molecule has 1 atom stereocenters. The highest BCUT2D eigenvalue weighted by atomic mass is 16.3. The van der Waals surface area contributed by atoms with E-state index >= 15 is 0 Å². The SMILES string of the molecule is Cc1nc2cc(NC(C)c3cccc(C#N)c3)ccc2o1. The van der Waals surface area contributed by atoms with E-state index in [4.69, 9.17) is 9.68 Å². The first kappa shape index (κ1) is 13.2. The van der Waals surface area contributed by atoms with Crippen LogP contribution in [0.3, 0.4) is 0 Å². The van der Waals surface area contributed by atoms with E-state index in [1.54, 1.807) is 6.07 Å². The highest BCUT2D eigenvalue weighted by molar-refractivity contribution is 5.77. The summed E-state index contributed by atoms with van der Waals surface area (Å²) in [7, 11) is 0. The third kappa shape index (κ3) is 2.72. The van der Waals surface area contributed by atoms with E-state index < -0.39 is 0 Å². The monoisotopic (exact) mass is 277 g/mol. The zero-order chi connectivity index (χ0) is 14.8. The molecule has 104 valence electrons. The molecule has 0 saturated heterocycles.